The molecule has 0 aromatic heterocycles. The highest BCUT2D eigenvalue weighted by atomic mass is 32.2. The topological polar surface area (TPSA) is 84.0 Å². The highest BCUT2D eigenvalue weighted by molar-refractivity contribution is 7.90. The summed E-state index contributed by atoms with van der Waals surface area (Å²) in [6.07, 6.45) is 1.99. The Morgan fingerprint density at radius 3 is 2.40 bits per heavy atom. The van der Waals surface area contributed by atoms with Gasteiger partial charge in [-0.05, 0) is 6.42 Å². The maximum Gasteiger partial charge on any atom is 0.147 e. The van der Waals surface area contributed by atoms with Gasteiger partial charge in [-0.2, -0.15) is 0 Å². The van der Waals surface area contributed by atoms with Crippen molar-refractivity contribution in [3.8, 4) is 0 Å². The van der Waals surface area contributed by atoms with E-state index in [1.54, 1.807) is 0 Å². The van der Waals surface area contributed by atoms with Crippen LogP contribution in [0.25, 0.3) is 0 Å². The third kappa shape index (κ3) is 7.42. The Balaban J connectivity index is 3.49. The third-order valence-electron chi connectivity index (χ3n) is 0.961. The van der Waals surface area contributed by atoms with Gasteiger partial charge in [0.1, 0.15) is 9.84 Å². The molecule has 0 rings (SSSR count). The molecular formula is C5H12N2O2S. The number of sulfone groups is 1. The summed E-state index contributed by atoms with van der Waals surface area (Å²) >= 11 is 0. The third-order valence-corrected chi connectivity index (χ3v) is 1.99. The van der Waals surface area contributed by atoms with Crippen LogP contribution in [-0.2, 0) is 9.84 Å². The molecule has 0 aliphatic rings. The van der Waals surface area contributed by atoms with Gasteiger partial charge in [-0.1, -0.05) is 0 Å². The van der Waals surface area contributed by atoms with Gasteiger partial charge in [-0.3, -0.25) is 5.41 Å². The van der Waals surface area contributed by atoms with Crippen molar-refractivity contribution in [3.05, 3.63) is 0 Å². The lowest BCUT2D eigenvalue weighted by atomic mass is 10.3. The number of amidine groups is 1. The van der Waals surface area contributed by atoms with Gasteiger partial charge in [0.15, 0.2) is 0 Å². The molecule has 0 aromatic rings. The molecule has 0 aliphatic carbocycles. The summed E-state index contributed by atoms with van der Waals surface area (Å²) in [6, 6.07) is 0. The Labute approximate surface area is 60.8 Å². The van der Waals surface area contributed by atoms with Crippen LogP contribution in [0.1, 0.15) is 12.8 Å². The Morgan fingerprint density at radius 1 is 1.60 bits per heavy atom. The average Bonchev–Trinajstić information content (AvgIpc) is 1.59. The van der Waals surface area contributed by atoms with Gasteiger partial charge >= 0.3 is 0 Å². The summed E-state index contributed by atoms with van der Waals surface area (Å²) in [5.41, 5.74) is 5.01. The summed E-state index contributed by atoms with van der Waals surface area (Å²) in [7, 11) is -2.87. The summed E-state index contributed by atoms with van der Waals surface area (Å²) < 4.78 is 21.0. The Bertz CT molecular complexity index is 208. The van der Waals surface area contributed by atoms with Gasteiger partial charge in [0.05, 0.1) is 11.6 Å². The van der Waals surface area contributed by atoms with Gasteiger partial charge < -0.3 is 5.73 Å². The smallest absolute Gasteiger partial charge is 0.147 e. The van der Waals surface area contributed by atoms with E-state index < -0.39 is 9.84 Å². The molecule has 0 amide bonds. The number of nitrogens with one attached hydrogen (secondary N) is 1. The van der Waals surface area contributed by atoms with Crippen LogP contribution in [-0.4, -0.2) is 26.3 Å². The fraction of sp³-hybridized carbons (Fsp3) is 0.800. The molecule has 0 fully saturated rings. The molecule has 0 spiro atoms. The normalized spacial score (nSPS) is 11.3. The Hall–Kier alpha value is -0.580. The number of rotatable bonds is 4. The molecule has 3 N–H and O–H groups in total. The van der Waals surface area contributed by atoms with Crippen LogP contribution < -0.4 is 5.73 Å². The first kappa shape index (κ1) is 9.42. The van der Waals surface area contributed by atoms with E-state index in [1.165, 1.54) is 6.26 Å². The number of hydrogen-bond donors (Lipinski definition) is 2. The number of nitrogens with two attached hydrogens (primary N) is 1. The molecule has 5 heteroatoms. The molecule has 0 aromatic carbocycles. The van der Waals surface area contributed by atoms with Crippen molar-refractivity contribution in [2.45, 2.75) is 12.8 Å². The molecule has 60 valence electrons. The largest absolute Gasteiger partial charge is 0.388 e. The summed E-state index contributed by atoms with van der Waals surface area (Å²) in [6.45, 7) is 0. The predicted molar refractivity (Wildman–Crippen MR) is 40.9 cm³/mol. The second-order valence-electron chi connectivity index (χ2n) is 2.26. The minimum atomic E-state index is -2.87. The van der Waals surface area contributed by atoms with Crippen LogP contribution in [0.4, 0.5) is 0 Å². The van der Waals surface area contributed by atoms with Gasteiger partial charge in [0.2, 0.25) is 0 Å². The second kappa shape index (κ2) is 3.55. The first-order chi connectivity index (χ1) is 4.42. The Kier molecular flexibility index (Phi) is 3.35. The van der Waals surface area contributed by atoms with E-state index in [-0.39, 0.29) is 11.6 Å². The summed E-state index contributed by atoms with van der Waals surface area (Å²) in [4.78, 5) is 0. The van der Waals surface area contributed by atoms with Gasteiger partial charge in [-0.25, -0.2) is 8.42 Å². The minimum absolute atomic E-state index is 0.0450. The van der Waals surface area contributed by atoms with Crippen molar-refractivity contribution < 1.29 is 8.42 Å². The molecular weight excluding hydrogens is 152 g/mol. The lowest BCUT2D eigenvalue weighted by molar-refractivity contribution is 0.600. The SMILES string of the molecule is CS(=O)(=O)CCCC(=N)N. The maximum atomic E-state index is 10.5. The molecule has 0 aliphatic heterocycles. The van der Waals surface area contributed by atoms with E-state index in [2.05, 4.69) is 0 Å². The van der Waals surface area contributed by atoms with E-state index in [0.717, 1.165) is 0 Å². The zero-order chi connectivity index (χ0) is 8.20. The van der Waals surface area contributed by atoms with E-state index in [9.17, 15) is 8.42 Å². The van der Waals surface area contributed by atoms with Crippen molar-refractivity contribution >= 4 is 15.7 Å². The van der Waals surface area contributed by atoms with Crippen LogP contribution in [0.5, 0.6) is 0 Å². The molecule has 0 heterocycles. The first-order valence-electron chi connectivity index (χ1n) is 2.92. The van der Waals surface area contributed by atoms with Crippen molar-refractivity contribution in [3.63, 3.8) is 0 Å². The predicted octanol–water partition coefficient (Wildman–Crippen LogP) is -0.253. The van der Waals surface area contributed by atoms with E-state index in [0.29, 0.717) is 12.8 Å². The van der Waals surface area contributed by atoms with Gasteiger partial charge in [0.25, 0.3) is 0 Å². The van der Waals surface area contributed by atoms with E-state index >= 15 is 0 Å². The second-order valence-corrected chi connectivity index (χ2v) is 4.52. The molecule has 0 atom stereocenters. The number of hydrogen-bond acceptors (Lipinski definition) is 3. The van der Waals surface area contributed by atoms with Crippen molar-refractivity contribution in [2.75, 3.05) is 12.0 Å². The molecule has 0 saturated heterocycles. The molecule has 10 heavy (non-hydrogen) atoms. The van der Waals surface area contributed by atoms with Crippen LogP contribution in [0, 0.1) is 5.41 Å². The first-order valence-corrected chi connectivity index (χ1v) is 4.98. The monoisotopic (exact) mass is 164 g/mol. The fourth-order valence-electron chi connectivity index (χ4n) is 0.525. The lowest BCUT2D eigenvalue weighted by Gasteiger charge is -1.95. The van der Waals surface area contributed by atoms with E-state index in [1.807, 2.05) is 0 Å². The quantitative estimate of drug-likeness (QED) is 0.444. The van der Waals surface area contributed by atoms with Gasteiger partial charge in [0, 0.05) is 12.7 Å². The standard InChI is InChI=1S/C5H12N2O2S/c1-10(8,9)4-2-3-5(6)7/h2-4H2,1H3,(H3,6,7). The summed E-state index contributed by atoms with van der Waals surface area (Å²) in [5.74, 6) is 0.163. The summed E-state index contributed by atoms with van der Waals surface area (Å²) in [5, 5.41) is 6.79. The highest BCUT2D eigenvalue weighted by Crippen LogP contribution is 1.92. The molecule has 0 unspecified atom stereocenters. The van der Waals surface area contributed by atoms with Gasteiger partial charge in [-0.15, -0.1) is 0 Å². The van der Waals surface area contributed by atoms with Crippen LogP contribution in [0.2, 0.25) is 0 Å². The van der Waals surface area contributed by atoms with Crippen LogP contribution in [0.15, 0.2) is 0 Å². The average molecular weight is 164 g/mol. The zero-order valence-corrected chi connectivity index (χ0v) is 6.74. The van der Waals surface area contributed by atoms with Crippen molar-refractivity contribution in [1.82, 2.24) is 0 Å². The zero-order valence-electron chi connectivity index (χ0n) is 5.92. The maximum absolute atomic E-state index is 10.5. The highest BCUT2D eigenvalue weighted by Gasteiger charge is 2.00. The molecule has 4 nitrogen and oxygen atoms in total. The fourth-order valence-corrected chi connectivity index (χ4v) is 1.19. The minimum Gasteiger partial charge on any atom is -0.388 e. The molecule has 0 radical (unpaired) electrons. The van der Waals surface area contributed by atoms with E-state index in [4.69, 9.17) is 11.1 Å². The van der Waals surface area contributed by atoms with Crippen LogP contribution >= 0.6 is 0 Å². The van der Waals surface area contributed by atoms with Crippen LogP contribution in [0.3, 0.4) is 0 Å². The van der Waals surface area contributed by atoms with Crippen molar-refractivity contribution in [1.29, 1.82) is 5.41 Å². The molecule has 0 saturated carbocycles. The Morgan fingerprint density at radius 2 is 2.10 bits per heavy atom. The van der Waals surface area contributed by atoms with Crippen molar-refractivity contribution in [2.24, 2.45) is 5.73 Å². The molecule has 0 bridgehead atoms. The lowest BCUT2D eigenvalue weighted by Crippen LogP contribution is -2.12.